The van der Waals surface area contributed by atoms with Gasteiger partial charge in [0.25, 0.3) is 0 Å². The van der Waals surface area contributed by atoms with Crippen molar-refractivity contribution in [1.82, 2.24) is 9.97 Å². The molecule has 0 aliphatic carbocycles. The Morgan fingerprint density at radius 2 is 1.87 bits per heavy atom. The first-order chi connectivity index (χ1) is 7.27. The van der Waals surface area contributed by atoms with Crippen molar-refractivity contribution in [3.8, 4) is 11.3 Å². The van der Waals surface area contributed by atoms with E-state index in [0.717, 1.165) is 11.3 Å². The maximum absolute atomic E-state index is 11.2. The first kappa shape index (κ1) is 9.98. The molecule has 0 spiro atoms. The molecule has 76 valence electrons. The van der Waals surface area contributed by atoms with Crippen LogP contribution in [0.2, 0.25) is 0 Å². The number of hydrogen-bond donors (Lipinski definition) is 0. The average molecular weight is 218 g/mol. The highest BCUT2D eigenvalue weighted by Crippen LogP contribution is 2.15. The van der Waals surface area contributed by atoms with Crippen molar-refractivity contribution in [2.75, 3.05) is 6.26 Å². The van der Waals surface area contributed by atoms with E-state index in [2.05, 4.69) is 9.97 Å². The second-order valence-electron chi connectivity index (χ2n) is 3.04. The van der Waals surface area contributed by atoms with Crippen molar-refractivity contribution in [2.24, 2.45) is 0 Å². The number of hydrogen-bond acceptors (Lipinski definition) is 3. The summed E-state index contributed by atoms with van der Waals surface area (Å²) in [6.45, 7) is 0. The summed E-state index contributed by atoms with van der Waals surface area (Å²) >= 11 is 0. The lowest BCUT2D eigenvalue weighted by atomic mass is 10.1. The maximum atomic E-state index is 11.2. The van der Waals surface area contributed by atoms with Gasteiger partial charge in [0.05, 0.1) is 16.5 Å². The van der Waals surface area contributed by atoms with Crippen LogP contribution in [0.15, 0.2) is 47.8 Å². The monoisotopic (exact) mass is 218 g/mol. The second kappa shape index (κ2) is 4.31. The van der Waals surface area contributed by atoms with E-state index in [1.165, 1.54) is 0 Å². The van der Waals surface area contributed by atoms with Gasteiger partial charge in [-0.1, -0.05) is 30.3 Å². The minimum absolute atomic E-state index is 0.372. The van der Waals surface area contributed by atoms with Crippen LogP contribution in [0.3, 0.4) is 0 Å². The van der Waals surface area contributed by atoms with Crippen LogP contribution in [0.25, 0.3) is 11.3 Å². The minimum atomic E-state index is -1.14. The van der Waals surface area contributed by atoms with Gasteiger partial charge in [-0.15, -0.1) is 0 Å². The molecule has 1 atom stereocenters. The van der Waals surface area contributed by atoms with Crippen LogP contribution in [-0.2, 0) is 10.8 Å². The van der Waals surface area contributed by atoms with E-state index in [9.17, 15) is 4.21 Å². The highest BCUT2D eigenvalue weighted by atomic mass is 32.2. The zero-order valence-electron chi connectivity index (χ0n) is 8.25. The highest BCUT2D eigenvalue weighted by Gasteiger charge is 2.03. The van der Waals surface area contributed by atoms with Gasteiger partial charge in [-0.25, -0.2) is 9.97 Å². The molecule has 3 nitrogen and oxygen atoms in total. The third-order valence-electron chi connectivity index (χ3n) is 1.96. The molecule has 1 aromatic carbocycles. The van der Waals surface area contributed by atoms with E-state index >= 15 is 0 Å². The van der Waals surface area contributed by atoms with Gasteiger partial charge in [0, 0.05) is 18.0 Å². The van der Waals surface area contributed by atoms with Gasteiger partial charge < -0.3 is 0 Å². The molecule has 0 aliphatic rings. The third-order valence-corrected chi connectivity index (χ3v) is 2.67. The van der Waals surface area contributed by atoms with Gasteiger partial charge in [-0.05, 0) is 6.07 Å². The normalized spacial score (nSPS) is 12.3. The van der Waals surface area contributed by atoms with E-state index in [4.69, 9.17) is 0 Å². The highest BCUT2D eigenvalue weighted by molar-refractivity contribution is 7.84. The predicted molar refractivity (Wildman–Crippen MR) is 59.8 cm³/mol. The second-order valence-corrected chi connectivity index (χ2v) is 4.32. The van der Waals surface area contributed by atoms with Crippen molar-refractivity contribution in [2.45, 2.75) is 5.16 Å². The zero-order chi connectivity index (χ0) is 10.7. The lowest BCUT2D eigenvalue weighted by Gasteiger charge is -2.01. The molecule has 0 amide bonds. The van der Waals surface area contributed by atoms with Crippen LogP contribution in [0.4, 0.5) is 0 Å². The standard InChI is InChI=1S/C11H10N2OS/c1-15(14)11-12-8-7-10(13-11)9-5-3-2-4-6-9/h2-8H,1H3. The third kappa shape index (κ3) is 2.27. The first-order valence-corrected chi connectivity index (χ1v) is 6.05. The molecular formula is C11H10N2OS. The lowest BCUT2D eigenvalue weighted by Crippen LogP contribution is -1.97. The summed E-state index contributed by atoms with van der Waals surface area (Å²) in [5.74, 6) is 0. The quantitative estimate of drug-likeness (QED) is 0.723. The molecule has 0 N–H and O–H groups in total. The van der Waals surface area contributed by atoms with Gasteiger partial charge in [-0.2, -0.15) is 0 Å². The molecule has 1 unspecified atom stereocenters. The van der Waals surface area contributed by atoms with Crippen LogP contribution in [-0.4, -0.2) is 20.4 Å². The van der Waals surface area contributed by atoms with E-state index < -0.39 is 10.8 Å². The minimum Gasteiger partial charge on any atom is -0.251 e. The maximum Gasteiger partial charge on any atom is 0.218 e. The van der Waals surface area contributed by atoms with Crippen molar-refractivity contribution < 1.29 is 4.21 Å². The molecule has 0 radical (unpaired) electrons. The van der Waals surface area contributed by atoms with E-state index in [-0.39, 0.29) is 0 Å². The topological polar surface area (TPSA) is 42.9 Å². The molecule has 0 aliphatic heterocycles. The summed E-state index contributed by atoms with van der Waals surface area (Å²) in [6, 6.07) is 11.6. The number of nitrogens with zero attached hydrogens (tertiary/aromatic N) is 2. The first-order valence-electron chi connectivity index (χ1n) is 4.49. The number of benzene rings is 1. The molecule has 0 fully saturated rings. The fraction of sp³-hybridized carbons (Fsp3) is 0.0909. The van der Waals surface area contributed by atoms with Crippen LogP contribution < -0.4 is 0 Å². The number of aromatic nitrogens is 2. The van der Waals surface area contributed by atoms with Gasteiger partial charge >= 0.3 is 0 Å². The van der Waals surface area contributed by atoms with Gasteiger partial charge in [-0.3, -0.25) is 4.21 Å². The Labute approximate surface area is 90.7 Å². The largest absolute Gasteiger partial charge is 0.251 e. The molecule has 1 aromatic heterocycles. The zero-order valence-corrected chi connectivity index (χ0v) is 9.07. The summed E-state index contributed by atoms with van der Waals surface area (Å²) in [5, 5.41) is 0.372. The Hall–Kier alpha value is -1.55. The smallest absolute Gasteiger partial charge is 0.218 e. The lowest BCUT2D eigenvalue weighted by molar-refractivity contribution is 0.680. The molecule has 0 saturated heterocycles. The summed E-state index contributed by atoms with van der Waals surface area (Å²) in [7, 11) is -1.14. The molecule has 2 rings (SSSR count). The predicted octanol–water partition coefficient (Wildman–Crippen LogP) is 1.88. The summed E-state index contributed by atoms with van der Waals surface area (Å²) in [6.07, 6.45) is 3.20. The Morgan fingerprint density at radius 1 is 1.13 bits per heavy atom. The molecular weight excluding hydrogens is 208 g/mol. The summed E-state index contributed by atoms with van der Waals surface area (Å²) < 4.78 is 11.2. The molecule has 0 bridgehead atoms. The fourth-order valence-corrected chi connectivity index (χ4v) is 1.69. The van der Waals surface area contributed by atoms with Crippen LogP contribution in [0.5, 0.6) is 0 Å². The average Bonchev–Trinajstić information content (AvgIpc) is 2.30. The fourth-order valence-electron chi connectivity index (χ4n) is 1.25. The molecule has 4 heteroatoms. The molecule has 2 aromatic rings. The summed E-state index contributed by atoms with van der Waals surface area (Å²) in [5.41, 5.74) is 1.81. The van der Waals surface area contributed by atoms with E-state index in [0.29, 0.717) is 5.16 Å². The molecule has 0 saturated carbocycles. The van der Waals surface area contributed by atoms with Crippen molar-refractivity contribution >= 4 is 10.8 Å². The van der Waals surface area contributed by atoms with E-state index in [1.807, 2.05) is 36.4 Å². The SMILES string of the molecule is CS(=O)c1nccc(-c2ccccc2)n1. The van der Waals surface area contributed by atoms with Gasteiger partial charge in [0.2, 0.25) is 5.16 Å². The van der Waals surface area contributed by atoms with Crippen molar-refractivity contribution in [3.05, 3.63) is 42.6 Å². The Balaban J connectivity index is 2.46. The van der Waals surface area contributed by atoms with Crippen molar-refractivity contribution in [1.29, 1.82) is 0 Å². The summed E-state index contributed by atoms with van der Waals surface area (Å²) in [4.78, 5) is 8.18. The van der Waals surface area contributed by atoms with Crippen LogP contribution in [0, 0.1) is 0 Å². The van der Waals surface area contributed by atoms with E-state index in [1.54, 1.807) is 12.5 Å². The Kier molecular flexibility index (Phi) is 2.87. The van der Waals surface area contributed by atoms with Gasteiger partial charge in [0.1, 0.15) is 0 Å². The number of rotatable bonds is 2. The molecule has 1 heterocycles. The van der Waals surface area contributed by atoms with Crippen LogP contribution >= 0.6 is 0 Å². The molecule has 15 heavy (non-hydrogen) atoms. The van der Waals surface area contributed by atoms with Crippen molar-refractivity contribution in [3.63, 3.8) is 0 Å². The Bertz CT molecular complexity index is 485. The van der Waals surface area contributed by atoms with Crippen LogP contribution in [0.1, 0.15) is 0 Å². The Morgan fingerprint density at radius 3 is 2.53 bits per heavy atom. The van der Waals surface area contributed by atoms with Gasteiger partial charge in [0.15, 0.2) is 0 Å².